The van der Waals surface area contributed by atoms with Crippen LogP contribution < -0.4 is 10.1 Å². The first-order chi connectivity index (χ1) is 17.1. The molecule has 8 nitrogen and oxygen atoms in total. The van der Waals surface area contributed by atoms with Crippen LogP contribution in [0.5, 0.6) is 11.5 Å². The second-order valence-corrected chi connectivity index (χ2v) is 9.57. The van der Waals surface area contributed by atoms with Crippen LogP contribution in [0.2, 0.25) is 0 Å². The van der Waals surface area contributed by atoms with Crippen LogP contribution in [0.4, 0.5) is 0 Å². The van der Waals surface area contributed by atoms with Gasteiger partial charge in [0.15, 0.2) is 0 Å². The van der Waals surface area contributed by atoms with Crippen molar-refractivity contribution in [3.05, 3.63) is 59.7 Å². The number of phenolic OH excluding ortho intramolecular Hbond substituents is 1. The summed E-state index contributed by atoms with van der Waals surface area (Å²) in [6.45, 7) is 2.80. The zero-order valence-electron chi connectivity index (χ0n) is 19.9. The predicted octanol–water partition coefficient (Wildman–Crippen LogP) is 2.56. The number of ether oxygens (including phenoxy) is 2. The topological polar surface area (TPSA) is 91.3 Å². The maximum Gasteiger partial charge on any atom is 0.258 e. The Morgan fingerprint density at radius 3 is 2.66 bits per heavy atom. The van der Waals surface area contributed by atoms with Gasteiger partial charge in [0.05, 0.1) is 24.4 Å². The number of piperazine rings is 1. The molecule has 3 heterocycles. The molecule has 2 fully saturated rings. The number of hydrogen-bond acceptors (Lipinski definition) is 6. The van der Waals surface area contributed by atoms with E-state index < -0.39 is 6.04 Å². The molecule has 0 aromatic heterocycles. The number of para-hydroxylation sites is 2. The summed E-state index contributed by atoms with van der Waals surface area (Å²) in [6, 6.07) is 13.8. The molecular formula is C27H33N3O5. The highest BCUT2D eigenvalue weighted by Crippen LogP contribution is 2.27. The normalized spacial score (nSPS) is 26.1. The van der Waals surface area contributed by atoms with Gasteiger partial charge in [0, 0.05) is 44.7 Å². The van der Waals surface area contributed by atoms with E-state index in [9.17, 15) is 14.7 Å². The van der Waals surface area contributed by atoms with Gasteiger partial charge in [0.25, 0.3) is 5.91 Å². The average Bonchev–Trinajstić information content (AvgIpc) is 2.88. The first-order valence-electron chi connectivity index (χ1n) is 12.5. The molecule has 2 aromatic carbocycles. The number of amides is 2. The number of hydrogen-bond donors (Lipinski definition) is 2. The largest absolute Gasteiger partial charge is 0.508 e. The number of fused-ring (bicyclic) bond motifs is 4. The first-order valence-corrected chi connectivity index (χ1v) is 12.5. The van der Waals surface area contributed by atoms with Crippen molar-refractivity contribution in [2.24, 2.45) is 0 Å². The van der Waals surface area contributed by atoms with Gasteiger partial charge in [0.1, 0.15) is 17.5 Å². The lowest BCUT2D eigenvalue weighted by atomic mass is 10.0. The molecule has 2 saturated heterocycles. The molecule has 2 N–H and O–H groups in total. The Bertz CT molecular complexity index is 1060. The lowest BCUT2D eigenvalue weighted by Gasteiger charge is -2.41. The fraction of sp³-hybridized carbons (Fsp3) is 0.481. The van der Waals surface area contributed by atoms with Gasteiger partial charge in [-0.25, -0.2) is 0 Å². The molecule has 2 aromatic rings. The van der Waals surface area contributed by atoms with Crippen molar-refractivity contribution in [1.82, 2.24) is 15.1 Å². The number of nitrogens with one attached hydrogen (secondary N) is 1. The fourth-order valence-electron chi connectivity index (χ4n) is 5.24. The summed E-state index contributed by atoms with van der Waals surface area (Å²) in [5.41, 5.74) is 1.27. The second-order valence-electron chi connectivity index (χ2n) is 9.57. The van der Waals surface area contributed by atoms with Crippen LogP contribution in [0.1, 0.15) is 41.6 Å². The van der Waals surface area contributed by atoms with Crippen molar-refractivity contribution < 1.29 is 24.2 Å². The lowest BCUT2D eigenvalue weighted by Crippen LogP contribution is -2.61. The number of benzene rings is 2. The van der Waals surface area contributed by atoms with Gasteiger partial charge >= 0.3 is 0 Å². The van der Waals surface area contributed by atoms with Crippen LogP contribution in [-0.2, 0) is 16.1 Å². The monoisotopic (exact) mass is 479 g/mol. The summed E-state index contributed by atoms with van der Waals surface area (Å²) in [6.07, 6.45) is 3.76. The second kappa shape index (κ2) is 10.7. The van der Waals surface area contributed by atoms with Gasteiger partial charge in [-0.15, -0.1) is 0 Å². The standard InChI is InChI=1S/C27H33N3O5/c31-24-10-3-1-6-19(24)17-29-13-14-30-23(18-29)26(32)28-16-21-8-5-7-20(35-21)12-15-34-25-11-4-2-9-22(25)27(30)33/h1-4,6,9-11,20-21,23,31H,5,7-8,12-18H2,(H,28,32)/t20-,21-,23-/m0/s1. The minimum atomic E-state index is -0.655. The van der Waals surface area contributed by atoms with Crippen LogP contribution in [0.25, 0.3) is 0 Å². The minimum absolute atomic E-state index is 0.0296. The molecule has 2 amide bonds. The maximum absolute atomic E-state index is 13.7. The Hall–Kier alpha value is -3.10. The Morgan fingerprint density at radius 2 is 1.77 bits per heavy atom. The van der Waals surface area contributed by atoms with E-state index >= 15 is 0 Å². The van der Waals surface area contributed by atoms with E-state index in [0.29, 0.717) is 50.6 Å². The van der Waals surface area contributed by atoms with Gasteiger partial charge in [-0.3, -0.25) is 14.5 Å². The van der Waals surface area contributed by atoms with Gasteiger partial charge < -0.3 is 24.8 Å². The molecule has 3 aliphatic rings. The highest BCUT2D eigenvalue weighted by atomic mass is 16.5. The SMILES string of the molecule is O=C1NC[C@@H]2CCC[C@@H](CCOc3ccccc3C(=O)N3CCN(Cc4ccccc4O)C[C@@H]13)O2. The number of rotatable bonds is 2. The lowest BCUT2D eigenvalue weighted by molar-refractivity contribution is -0.129. The number of aromatic hydroxyl groups is 1. The first kappa shape index (κ1) is 23.6. The number of carbonyl (C=O) groups excluding carboxylic acids is 2. The third-order valence-electron chi connectivity index (χ3n) is 7.17. The Balaban J connectivity index is 1.41. The smallest absolute Gasteiger partial charge is 0.258 e. The molecule has 0 saturated carbocycles. The minimum Gasteiger partial charge on any atom is -0.508 e. The van der Waals surface area contributed by atoms with Crippen molar-refractivity contribution in [3.63, 3.8) is 0 Å². The fourth-order valence-corrected chi connectivity index (χ4v) is 5.24. The number of carbonyl (C=O) groups is 2. The molecule has 0 spiro atoms. The summed E-state index contributed by atoms with van der Waals surface area (Å²) in [7, 11) is 0. The Kier molecular flexibility index (Phi) is 7.20. The number of phenols is 1. The summed E-state index contributed by atoms with van der Waals surface area (Å²) in [4.78, 5) is 30.9. The van der Waals surface area contributed by atoms with Crippen LogP contribution in [-0.4, -0.2) is 77.8 Å². The van der Waals surface area contributed by atoms with Crippen molar-refractivity contribution >= 4 is 11.8 Å². The van der Waals surface area contributed by atoms with Crippen LogP contribution in [0.15, 0.2) is 48.5 Å². The highest BCUT2D eigenvalue weighted by Gasteiger charge is 2.37. The molecule has 8 heteroatoms. The van der Waals surface area contributed by atoms with Crippen LogP contribution in [0, 0.1) is 0 Å². The maximum atomic E-state index is 13.7. The highest BCUT2D eigenvalue weighted by molar-refractivity contribution is 6.00. The Labute approximate surface area is 205 Å². The van der Waals surface area contributed by atoms with E-state index in [0.717, 1.165) is 31.2 Å². The summed E-state index contributed by atoms with van der Waals surface area (Å²) in [5, 5.41) is 13.3. The predicted molar refractivity (Wildman–Crippen MR) is 130 cm³/mol. The summed E-state index contributed by atoms with van der Waals surface area (Å²) in [5.74, 6) is 0.396. The molecule has 35 heavy (non-hydrogen) atoms. The zero-order chi connectivity index (χ0) is 24.2. The van der Waals surface area contributed by atoms with E-state index in [1.54, 1.807) is 23.1 Å². The van der Waals surface area contributed by atoms with Gasteiger partial charge in [-0.2, -0.15) is 0 Å². The molecule has 0 unspecified atom stereocenters. The van der Waals surface area contributed by atoms with E-state index in [1.807, 2.05) is 30.3 Å². The van der Waals surface area contributed by atoms with Gasteiger partial charge in [-0.05, 0) is 37.5 Å². The summed E-state index contributed by atoms with van der Waals surface area (Å²) >= 11 is 0. The van der Waals surface area contributed by atoms with Gasteiger partial charge in [-0.1, -0.05) is 30.3 Å². The van der Waals surface area contributed by atoms with E-state index in [4.69, 9.17) is 9.47 Å². The van der Waals surface area contributed by atoms with E-state index in [2.05, 4.69) is 10.2 Å². The molecular weight excluding hydrogens is 446 g/mol. The average molecular weight is 480 g/mol. The van der Waals surface area contributed by atoms with E-state index in [1.165, 1.54) is 0 Å². The van der Waals surface area contributed by atoms with Crippen molar-refractivity contribution in [1.29, 1.82) is 0 Å². The molecule has 3 aliphatic heterocycles. The van der Waals surface area contributed by atoms with Crippen molar-refractivity contribution in [2.75, 3.05) is 32.8 Å². The Morgan fingerprint density at radius 1 is 0.971 bits per heavy atom. The molecule has 186 valence electrons. The van der Waals surface area contributed by atoms with Gasteiger partial charge in [0.2, 0.25) is 5.91 Å². The molecule has 2 bridgehead atoms. The third-order valence-corrected chi connectivity index (χ3v) is 7.17. The van der Waals surface area contributed by atoms with E-state index in [-0.39, 0.29) is 29.8 Å². The number of nitrogens with zero attached hydrogens (tertiary/aromatic N) is 2. The van der Waals surface area contributed by atoms with Crippen molar-refractivity contribution in [2.45, 2.75) is 50.5 Å². The molecule has 0 radical (unpaired) electrons. The molecule has 5 rings (SSSR count). The van der Waals surface area contributed by atoms with Crippen LogP contribution in [0.3, 0.4) is 0 Å². The van der Waals surface area contributed by atoms with Crippen molar-refractivity contribution in [3.8, 4) is 11.5 Å². The van der Waals surface area contributed by atoms with Crippen LogP contribution >= 0.6 is 0 Å². The molecule has 0 aliphatic carbocycles. The third kappa shape index (κ3) is 5.44. The molecule has 3 atom stereocenters. The summed E-state index contributed by atoms with van der Waals surface area (Å²) < 4.78 is 12.3. The quantitative estimate of drug-likeness (QED) is 0.688. The zero-order valence-corrected chi connectivity index (χ0v) is 19.9.